The molecule has 2 aliphatic rings. The molecule has 2 aromatic rings. The standard InChI is InChI=1S/C19H27N5O2/c1-13-4-6-23(7-5-13)10-15-9-18-17(20-12-22(18)3)11-24(15)19(25)16-8-14(2)26-21-16/h8,12-13,15H,4-7,9-11H2,1-3H3/t15-/m1/s1. The normalized spacial score (nSPS) is 21.8. The van der Waals surface area contributed by atoms with Gasteiger partial charge in [-0.3, -0.25) is 4.79 Å². The first kappa shape index (κ1) is 17.3. The van der Waals surface area contributed by atoms with Crippen LogP contribution in [-0.4, -0.2) is 56.1 Å². The number of rotatable bonds is 3. The lowest BCUT2D eigenvalue weighted by Crippen LogP contribution is -2.51. The largest absolute Gasteiger partial charge is 0.361 e. The van der Waals surface area contributed by atoms with E-state index in [2.05, 4.69) is 26.5 Å². The Kier molecular flexibility index (Phi) is 4.56. The van der Waals surface area contributed by atoms with E-state index in [1.807, 2.05) is 25.2 Å². The van der Waals surface area contributed by atoms with Crippen LogP contribution in [0.3, 0.4) is 0 Å². The molecule has 140 valence electrons. The first-order chi connectivity index (χ1) is 12.5. The van der Waals surface area contributed by atoms with E-state index in [1.54, 1.807) is 6.07 Å². The third-order valence-electron chi connectivity index (χ3n) is 5.79. The van der Waals surface area contributed by atoms with E-state index < -0.39 is 0 Å². The van der Waals surface area contributed by atoms with E-state index in [4.69, 9.17) is 4.52 Å². The maximum atomic E-state index is 13.1. The summed E-state index contributed by atoms with van der Waals surface area (Å²) < 4.78 is 7.21. The Morgan fingerprint density at radius 3 is 2.81 bits per heavy atom. The molecule has 0 spiro atoms. The molecule has 1 atom stereocenters. The van der Waals surface area contributed by atoms with Gasteiger partial charge < -0.3 is 18.9 Å². The number of carbonyl (C=O) groups excluding carboxylic acids is 1. The van der Waals surface area contributed by atoms with Crippen molar-refractivity contribution in [1.29, 1.82) is 0 Å². The molecular weight excluding hydrogens is 330 g/mol. The van der Waals surface area contributed by atoms with E-state index in [9.17, 15) is 4.79 Å². The van der Waals surface area contributed by atoms with Crippen molar-refractivity contribution in [3.05, 3.63) is 35.2 Å². The van der Waals surface area contributed by atoms with E-state index in [0.29, 0.717) is 18.0 Å². The number of carbonyl (C=O) groups is 1. The van der Waals surface area contributed by atoms with Crippen molar-refractivity contribution in [2.45, 2.75) is 45.7 Å². The quantitative estimate of drug-likeness (QED) is 0.841. The smallest absolute Gasteiger partial charge is 0.276 e. The van der Waals surface area contributed by atoms with Crippen LogP contribution in [0.25, 0.3) is 0 Å². The number of nitrogens with zero attached hydrogens (tertiary/aromatic N) is 5. The van der Waals surface area contributed by atoms with Crippen molar-refractivity contribution in [1.82, 2.24) is 24.5 Å². The van der Waals surface area contributed by atoms with Gasteiger partial charge >= 0.3 is 0 Å². The molecule has 4 heterocycles. The van der Waals surface area contributed by atoms with Crippen LogP contribution in [0, 0.1) is 12.8 Å². The zero-order valence-corrected chi connectivity index (χ0v) is 15.8. The van der Waals surface area contributed by atoms with Crippen LogP contribution in [0.15, 0.2) is 16.9 Å². The maximum Gasteiger partial charge on any atom is 0.276 e. The zero-order valence-electron chi connectivity index (χ0n) is 15.8. The van der Waals surface area contributed by atoms with E-state index in [-0.39, 0.29) is 11.9 Å². The molecule has 0 saturated carbocycles. The molecule has 1 amide bonds. The summed E-state index contributed by atoms with van der Waals surface area (Å²) in [5, 5.41) is 3.94. The Hall–Kier alpha value is -2.15. The summed E-state index contributed by atoms with van der Waals surface area (Å²) in [4.78, 5) is 22.0. The van der Waals surface area contributed by atoms with Gasteiger partial charge in [0.25, 0.3) is 5.91 Å². The Morgan fingerprint density at radius 1 is 1.35 bits per heavy atom. The Balaban J connectivity index is 1.57. The SMILES string of the molecule is Cc1cc(C(=O)N2Cc3ncn(C)c3C[C@@H]2CN2CCC(C)CC2)no1. The molecule has 0 radical (unpaired) electrons. The van der Waals surface area contributed by atoms with Crippen molar-refractivity contribution in [3.8, 4) is 0 Å². The molecule has 7 nitrogen and oxygen atoms in total. The molecule has 0 unspecified atom stereocenters. The lowest BCUT2D eigenvalue weighted by molar-refractivity contribution is 0.0535. The van der Waals surface area contributed by atoms with E-state index >= 15 is 0 Å². The first-order valence-corrected chi connectivity index (χ1v) is 9.47. The number of aromatic nitrogens is 3. The fourth-order valence-corrected chi connectivity index (χ4v) is 4.08. The van der Waals surface area contributed by atoms with Crippen LogP contribution < -0.4 is 0 Å². The predicted molar refractivity (Wildman–Crippen MR) is 96.7 cm³/mol. The molecule has 0 N–H and O–H groups in total. The third-order valence-corrected chi connectivity index (χ3v) is 5.79. The van der Waals surface area contributed by atoms with Gasteiger partial charge in [0, 0.05) is 31.8 Å². The molecule has 1 fully saturated rings. The van der Waals surface area contributed by atoms with Crippen molar-refractivity contribution in [2.75, 3.05) is 19.6 Å². The van der Waals surface area contributed by atoms with Gasteiger partial charge in [0.1, 0.15) is 5.76 Å². The predicted octanol–water partition coefficient (Wildman–Crippen LogP) is 2.02. The molecule has 2 aromatic heterocycles. The molecule has 2 aliphatic heterocycles. The van der Waals surface area contributed by atoms with Crippen LogP contribution in [-0.2, 0) is 20.0 Å². The topological polar surface area (TPSA) is 67.4 Å². The first-order valence-electron chi connectivity index (χ1n) is 9.47. The van der Waals surface area contributed by atoms with Gasteiger partial charge in [-0.25, -0.2) is 4.98 Å². The number of imidazole rings is 1. The number of piperidine rings is 1. The minimum atomic E-state index is -0.0615. The average Bonchev–Trinajstić information content (AvgIpc) is 3.22. The highest BCUT2D eigenvalue weighted by Gasteiger charge is 2.35. The molecule has 7 heteroatoms. The summed E-state index contributed by atoms with van der Waals surface area (Å²) in [6.45, 7) is 7.80. The minimum Gasteiger partial charge on any atom is -0.361 e. The lowest BCUT2D eigenvalue weighted by Gasteiger charge is -2.40. The second-order valence-electron chi connectivity index (χ2n) is 7.85. The van der Waals surface area contributed by atoms with Crippen molar-refractivity contribution in [2.24, 2.45) is 13.0 Å². The second-order valence-corrected chi connectivity index (χ2v) is 7.85. The number of likely N-dealkylation sites (tertiary alicyclic amines) is 1. The Bertz CT molecular complexity index is 788. The van der Waals surface area contributed by atoms with Crippen LogP contribution in [0.5, 0.6) is 0 Å². The van der Waals surface area contributed by atoms with Crippen LogP contribution in [0.2, 0.25) is 0 Å². The summed E-state index contributed by atoms with van der Waals surface area (Å²) in [6.07, 6.45) is 5.15. The molecule has 0 aromatic carbocycles. The van der Waals surface area contributed by atoms with Gasteiger partial charge in [-0.2, -0.15) is 0 Å². The van der Waals surface area contributed by atoms with Crippen LogP contribution in [0.1, 0.15) is 47.4 Å². The molecule has 4 rings (SSSR count). The van der Waals surface area contributed by atoms with Gasteiger partial charge in [-0.05, 0) is 38.8 Å². The molecular formula is C19H27N5O2. The summed E-state index contributed by atoms with van der Waals surface area (Å²) in [5.74, 6) is 1.40. The summed E-state index contributed by atoms with van der Waals surface area (Å²) in [7, 11) is 2.03. The summed E-state index contributed by atoms with van der Waals surface area (Å²) >= 11 is 0. The van der Waals surface area contributed by atoms with E-state index in [1.165, 1.54) is 18.5 Å². The van der Waals surface area contributed by atoms with Crippen molar-refractivity contribution >= 4 is 5.91 Å². The molecule has 1 saturated heterocycles. The van der Waals surface area contributed by atoms with E-state index in [0.717, 1.165) is 37.7 Å². The molecule has 0 bridgehead atoms. The third kappa shape index (κ3) is 3.28. The van der Waals surface area contributed by atoms with Crippen LogP contribution in [0.4, 0.5) is 0 Å². The number of amides is 1. The van der Waals surface area contributed by atoms with Crippen LogP contribution >= 0.6 is 0 Å². The zero-order chi connectivity index (χ0) is 18.3. The Morgan fingerprint density at radius 2 is 2.12 bits per heavy atom. The average molecular weight is 357 g/mol. The minimum absolute atomic E-state index is 0.0615. The highest BCUT2D eigenvalue weighted by molar-refractivity contribution is 5.92. The lowest BCUT2D eigenvalue weighted by atomic mass is 9.96. The number of hydrogen-bond donors (Lipinski definition) is 0. The summed E-state index contributed by atoms with van der Waals surface area (Å²) in [6, 6.07) is 1.85. The number of hydrogen-bond acceptors (Lipinski definition) is 5. The number of fused-ring (bicyclic) bond motifs is 1. The summed E-state index contributed by atoms with van der Waals surface area (Å²) in [5.41, 5.74) is 2.62. The highest BCUT2D eigenvalue weighted by atomic mass is 16.5. The highest BCUT2D eigenvalue weighted by Crippen LogP contribution is 2.26. The van der Waals surface area contributed by atoms with Gasteiger partial charge in [0.2, 0.25) is 0 Å². The van der Waals surface area contributed by atoms with Crippen molar-refractivity contribution in [3.63, 3.8) is 0 Å². The van der Waals surface area contributed by atoms with Gasteiger partial charge in [0.05, 0.1) is 24.6 Å². The molecule has 0 aliphatic carbocycles. The van der Waals surface area contributed by atoms with Gasteiger partial charge in [-0.15, -0.1) is 0 Å². The second kappa shape index (κ2) is 6.87. The van der Waals surface area contributed by atoms with Crippen molar-refractivity contribution < 1.29 is 9.32 Å². The number of aryl methyl sites for hydroxylation is 2. The fourth-order valence-electron chi connectivity index (χ4n) is 4.08. The van der Waals surface area contributed by atoms with Gasteiger partial charge in [-0.1, -0.05) is 12.1 Å². The monoisotopic (exact) mass is 357 g/mol. The fraction of sp³-hybridized carbons (Fsp3) is 0.632. The van der Waals surface area contributed by atoms with Gasteiger partial charge in [0.15, 0.2) is 5.69 Å². The Labute approximate surface area is 154 Å². The molecule has 26 heavy (non-hydrogen) atoms. The maximum absolute atomic E-state index is 13.1.